The second kappa shape index (κ2) is 8.67. The lowest BCUT2D eigenvalue weighted by Crippen LogP contribution is -2.07. The molecule has 0 fully saturated rings. The molecule has 4 rings (SSSR count). The fourth-order valence-corrected chi connectivity index (χ4v) is 4.53. The molecule has 28 heavy (non-hydrogen) atoms. The highest BCUT2D eigenvalue weighted by atomic mass is 127. The molecule has 0 radical (unpaired) electrons. The molecule has 0 aromatic heterocycles. The van der Waals surface area contributed by atoms with Crippen LogP contribution in [0.5, 0.6) is 5.75 Å². The van der Waals surface area contributed by atoms with E-state index in [2.05, 4.69) is 63.5 Å². The fourth-order valence-electron chi connectivity index (χ4n) is 2.85. The van der Waals surface area contributed by atoms with Crippen molar-refractivity contribution < 1.29 is 4.74 Å². The van der Waals surface area contributed by atoms with E-state index >= 15 is 0 Å². The molecule has 0 saturated carbocycles. The minimum atomic E-state index is 0.0806. The predicted octanol–water partition coefficient (Wildman–Crippen LogP) is 5.44. The van der Waals surface area contributed by atoms with Gasteiger partial charge in [0.15, 0.2) is 0 Å². The fraction of sp³-hybridized carbons (Fsp3) is 0.0909. The summed E-state index contributed by atoms with van der Waals surface area (Å²) in [5.41, 5.74) is 7.01. The molecule has 1 atom stereocenters. The number of thioether (sulfide) groups is 1. The molecule has 4 nitrogen and oxygen atoms in total. The van der Waals surface area contributed by atoms with Crippen molar-refractivity contribution in [3.05, 3.63) is 98.6 Å². The second-order valence-electron chi connectivity index (χ2n) is 6.16. The Balaban J connectivity index is 1.43. The zero-order valence-corrected chi connectivity index (χ0v) is 17.8. The van der Waals surface area contributed by atoms with Crippen LogP contribution in [0, 0.1) is 14.9 Å². The van der Waals surface area contributed by atoms with E-state index < -0.39 is 0 Å². The third kappa shape index (κ3) is 4.16. The summed E-state index contributed by atoms with van der Waals surface area (Å²) >= 11 is 3.99. The highest BCUT2D eigenvalue weighted by Gasteiger charge is 2.22. The highest BCUT2D eigenvalue weighted by Crippen LogP contribution is 2.36. The molecule has 1 N–H and O–H groups in total. The summed E-state index contributed by atoms with van der Waals surface area (Å²) in [5.74, 6) is 0.810. The van der Waals surface area contributed by atoms with E-state index in [-0.39, 0.29) is 5.37 Å². The van der Waals surface area contributed by atoms with Gasteiger partial charge in [-0.25, -0.2) is 0 Å². The minimum absolute atomic E-state index is 0.0806. The number of rotatable bonds is 5. The summed E-state index contributed by atoms with van der Waals surface area (Å²) in [6, 6.07) is 26.0. The molecule has 1 aliphatic heterocycles. The Kier molecular flexibility index (Phi) is 5.84. The van der Waals surface area contributed by atoms with E-state index in [1.54, 1.807) is 17.8 Å². The van der Waals surface area contributed by atoms with Gasteiger partial charge in [-0.1, -0.05) is 66.4 Å². The Morgan fingerprint density at radius 3 is 2.64 bits per heavy atom. The van der Waals surface area contributed by atoms with Crippen LogP contribution in [0.1, 0.15) is 27.6 Å². The van der Waals surface area contributed by atoms with E-state index in [0.717, 1.165) is 31.1 Å². The van der Waals surface area contributed by atoms with Gasteiger partial charge in [0, 0.05) is 11.1 Å². The van der Waals surface area contributed by atoms with Crippen LogP contribution < -0.4 is 10.2 Å². The van der Waals surface area contributed by atoms with Gasteiger partial charge in [-0.3, -0.25) is 5.43 Å². The Hall–Kier alpha value is -2.50. The largest absolute Gasteiger partial charge is 0.488 e. The normalized spacial score (nSPS) is 15.4. The van der Waals surface area contributed by atoms with Crippen molar-refractivity contribution in [1.82, 2.24) is 5.43 Å². The van der Waals surface area contributed by atoms with Crippen molar-refractivity contribution in [3.8, 4) is 11.8 Å². The number of ether oxygens (including phenoxy) is 1. The van der Waals surface area contributed by atoms with Crippen molar-refractivity contribution in [2.45, 2.75) is 12.0 Å². The minimum Gasteiger partial charge on any atom is -0.488 e. The molecule has 0 unspecified atom stereocenters. The van der Waals surface area contributed by atoms with E-state index in [0.29, 0.717) is 12.2 Å². The van der Waals surface area contributed by atoms with Gasteiger partial charge in [-0.15, -0.1) is 0 Å². The molecule has 138 valence electrons. The first-order valence-electron chi connectivity index (χ1n) is 8.70. The van der Waals surface area contributed by atoms with Crippen LogP contribution in [-0.4, -0.2) is 5.04 Å². The van der Waals surface area contributed by atoms with Gasteiger partial charge in [0.05, 0.1) is 15.2 Å². The monoisotopic (exact) mass is 497 g/mol. The average molecular weight is 497 g/mol. The average Bonchev–Trinajstić information content (AvgIpc) is 3.24. The second-order valence-corrected chi connectivity index (χ2v) is 8.41. The molecule has 0 saturated heterocycles. The number of hydrazone groups is 1. The number of hydrogen-bond acceptors (Lipinski definition) is 5. The number of hydrogen-bond donors (Lipinski definition) is 1. The molecule has 1 aliphatic rings. The van der Waals surface area contributed by atoms with Crippen molar-refractivity contribution in [2.75, 3.05) is 0 Å². The van der Waals surface area contributed by atoms with Crippen LogP contribution in [0.4, 0.5) is 0 Å². The maximum absolute atomic E-state index is 9.20. The summed E-state index contributed by atoms with van der Waals surface area (Å²) in [5, 5.41) is 14.8. The van der Waals surface area contributed by atoms with Gasteiger partial charge < -0.3 is 4.74 Å². The number of nitriles is 1. The molecule has 1 heterocycles. The Bertz CT molecular complexity index is 1060. The Morgan fingerprint density at radius 1 is 1.07 bits per heavy atom. The number of nitrogens with one attached hydrogen (secondary N) is 1. The smallest absolute Gasteiger partial charge is 0.133 e. The van der Waals surface area contributed by atoms with Gasteiger partial charge in [0.2, 0.25) is 0 Å². The summed E-state index contributed by atoms with van der Waals surface area (Å²) in [6.07, 6.45) is 0. The van der Waals surface area contributed by atoms with E-state index in [4.69, 9.17) is 4.74 Å². The quantitative estimate of drug-likeness (QED) is 0.478. The van der Waals surface area contributed by atoms with Crippen LogP contribution >= 0.6 is 34.4 Å². The first kappa shape index (κ1) is 18.8. The van der Waals surface area contributed by atoms with Crippen molar-refractivity contribution in [2.24, 2.45) is 5.10 Å². The van der Waals surface area contributed by atoms with Crippen LogP contribution in [0.25, 0.3) is 0 Å². The highest BCUT2D eigenvalue weighted by molar-refractivity contribution is 14.1. The van der Waals surface area contributed by atoms with E-state index in [1.807, 2.05) is 42.5 Å². The first-order chi connectivity index (χ1) is 13.7. The zero-order chi connectivity index (χ0) is 19.3. The lowest BCUT2D eigenvalue weighted by Gasteiger charge is -2.13. The summed E-state index contributed by atoms with van der Waals surface area (Å²) < 4.78 is 6.99. The molecule has 3 aromatic rings. The van der Waals surface area contributed by atoms with E-state index in [9.17, 15) is 5.26 Å². The summed E-state index contributed by atoms with van der Waals surface area (Å²) in [7, 11) is 0. The SMILES string of the molecule is N#Cc1ccccc1COc1ccc([C@H]2NN=C(c3ccccc3)S2)cc1I. The molecule has 3 aromatic carbocycles. The van der Waals surface area contributed by atoms with Crippen molar-refractivity contribution in [1.29, 1.82) is 5.26 Å². The maximum Gasteiger partial charge on any atom is 0.133 e. The lowest BCUT2D eigenvalue weighted by atomic mass is 10.1. The third-order valence-electron chi connectivity index (χ3n) is 4.31. The third-order valence-corrected chi connectivity index (χ3v) is 6.32. The van der Waals surface area contributed by atoms with Gasteiger partial charge in [0.1, 0.15) is 22.8 Å². The molecular weight excluding hydrogens is 481 g/mol. The molecule has 0 bridgehead atoms. The summed E-state index contributed by atoms with van der Waals surface area (Å²) in [4.78, 5) is 0. The first-order valence-corrected chi connectivity index (χ1v) is 10.7. The van der Waals surface area contributed by atoms with Gasteiger partial charge in [0.25, 0.3) is 0 Å². The van der Waals surface area contributed by atoms with Gasteiger partial charge >= 0.3 is 0 Å². The van der Waals surface area contributed by atoms with Crippen molar-refractivity contribution >= 4 is 39.4 Å². The number of nitrogens with zero attached hydrogens (tertiary/aromatic N) is 2. The molecule has 0 spiro atoms. The van der Waals surface area contributed by atoms with Crippen LogP contribution in [0.15, 0.2) is 77.9 Å². The molecular formula is C22H16IN3OS. The van der Waals surface area contributed by atoms with E-state index in [1.165, 1.54) is 0 Å². The molecule has 0 aliphatic carbocycles. The molecule has 0 amide bonds. The zero-order valence-electron chi connectivity index (χ0n) is 14.8. The Morgan fingerprint density at radius 2 is 1.86 bits per heavy atom. The van der Waals surface area contributed by atoms with Crippen molar-refractivity contribution in [3.63, 3.8) is 0 Å². The lowest BCUT2D eigenvalue weighted by molar-refractivity contribution is 0.303. The van der Waals surface area contributed by atoms with Gasteiger partial charge in [-0.2, -0.15) is 10.4 Å². The topological polar surface area (TPSA) is 57.4 Å². The summed E-state index contributed by atoms with van der Waals surface area (Å²) in [6.45, 7) is 0.372. The predicted molar refractivity (Wildman–Crippen MR) is 121 cm³/mol. The van der Waals surface area contributed by atoms with Crippen LogP contribution in [0.3, 0.4) is 0 Å². The molecule has 6 heteroatoms. The number of benzene rings is 3. The number of halogens is 1. The van der Waals surface area contributed by atoms with Gasteiger partial charge in [-0.05, 0) is 46.4 Å². The maximum atomic E-state index is 9.20. The van der Waals surface area contributed by atoms with Crippen LogP contribution in [0.2, 0.25) is 0 Å². The Labute approximate surface area is 181 Å². The van der Waals surface area contributed by atoms with Crippen LogP contribution in [-0.2, 0) is 6.61 Å². The standard InChI is InChI=1S/C22H16IN3OS/c23-19-12-16(22-26-25-21(28-22)15-6-2-1-3-7-15)10-11-20(19)27-14-18-9-5-4-8-17(18)13-24/h1-12,22,26H,14H2/t22-/m0/s1.